The normalized spacial score (nSPS) is 12.1. The molecule has 2 aromatic carbocycles. The lowest BCUT2D eigenvalue weighted by Gasteiger charge is -2.14. The average molecular weight is 357 g/mol. The van der Waals surface area contributed by atoms with Crippen molar-refractivity contribution in [1.82, 2.24) is 19.5 Å². The van der Waals surface area contributed by atoms with E-state index in [1.54, 1.807) is 31.6 Å². The summed E-state index contributed by atoms with van der Waals surface area (Å²) in [6.45, 7) is 3.62. The molecule has 0 amide bonds. The largest absolute Gasteiger partial charge is 0.348 e. The van der Waals surface area contributed by atoms with Crippen molar-refractivity contribution < 1.29 is 4.79 Å². The summed E-state index contributed by atoms with van der Waals surface area (Å²) in [4.78, 5) is 24.9. The molecule has 0 fully saturated rings. The highest BCUT2D eigenvalue weighted by molar-refractivity contribution is 5.97. The van der Waals surface area contributed by atoms with Gasteiger partial charge in [-0.25, -0.2) is 9.97 Å². The van der Waals surface area contributed by atoms with Gasteiger partial charge in [0.1, 0.15) is 12.1 Å². The summed E-state index contributed by atoms with van der Waals surface area (Å²) in [5, 5.41) is 3.33. The van der Waals surface area contributed by atoms with E-state index < -0.39 is 0 Å². The number of imidazole rings is 1. The van der Waals surface area contributed by atoms with Gasteiger partial charge < -0.3 is 5.32 Å². The first-order valence-electron chi connectivity index (χ1n) is 8.75. The number of ketones is 1. The van der Waals surface area contributed by atoms with E-state index in [2.05, 4.69) is 39.3 Å². The zero-order chi connectivity index (χ0) is 18.8. The van der Waals surface area contributed by atoms with E-state index in [0.29, 0.717) is 17.3 Å². The molecule has 0 spiro atoms. The number of hydrogen-bond donors (Lipinski definition) is 1. The third kappa shape index (κ3) is 3.42. The van der Waals surface area contributed by atoms with E-state index in [9.17, 15) is 4.79 Å². The number of carbonyl (C=O) groups is 1. The van der Waals surface area contributed by atoms with Crippen LogP contribution in [0.1, 0.15) is 35.8 Å². The Hall–Kier alpha value is -3.54. The molecule has 134 valence electrons. The van der Waals surface area contributed by atoms with E-state index in [-0.39, 0.29) is 11.8 Å². The van der Waals surface area contributed by atoms with Crippen molar-refractivity contribution in [2.24, 2.45) is 0 Å². The molecule has 1 atom stereocenters. The van der Waals surface area contributed by atoms with Crippen LogP contribution in [0, 0.1) is 0 Å². The van der Waals surface area contributed by atoms with Gasteiger partial charge in [0, 0.05) is 11.8 Å². The van der Waals surface area contributed by atoms with Crippen LogP contribution in [0.15, 0.2) is 67.1 Å². The van der Waals surface area contributed by atoms with Crippen molar-refractivity contribution in [3.63, 3.8) is 0 Å². The highest BCUT2D eigenvalue weighted by atomic mass is 16.1. The molecule has 0 radical (unpaired) electrons. The van der Waals surface area contributed by atoms with Crippen LogP contribution >= 0.6 is 0 Å². The lowest BCUT2D eigenvalue weighted by Crippen LogP contribution is -2.10. The Bertz CT molecular complexity index is 1100. The zero-order valence-corrected chi connectivity index (χ0v) is 15.1. The second-order valence-corrected chi connectivity index (χ2v) is 6.39. The van der Waals surface area contributed by atoms with Crippen LogP contribution in [0.5, 0.6) is 0 Å². The number of fused-ring (bicyclic) bond motifs is 1. The number of carbonyl (C=O) groups excluding carboxylic acids is 1. The number of nitrogens with one attached hydrogen (secondary N) is 1. The number of benzene rings is 2. The van der Waals surface area contributed by atoms with Gasteiger partial charge in [0.05, 0.1) is 17.1 Å². The highest BCUT2D eigenvalue weighted by Crippen LogP contribution is 2.21. The second-order valence-electron chi connectivity index (χ2n) is 6.39. The maximum absolute atomic E-state index is 11.6. The Labute approximate surface area is 156 Å². The van der Waals surface area contributed by atoms with Gasteiger partial charge in [0.25, 0.3) is 0 Å². The van der Waals surface area contributed by atoms with E-state index in [4.69, 9.17) is 0 Å². The van der Waals surface area contributed by atoms with Crippen LogP contribution in [0.25, 0.3) is 16.9 Å². The molecule has 0 aliphatic rings. The molecule has 0 aliphatic carbocycles. The van der Waals surface area contributed by atoms with Crippen LogP contribution in [0.3, 0.4) is 0 Å². The van der Waals surface area contributed by atoms with E-state index in [0.717, 1.165) is 16.6 Å². The fourth-order valence-electron chi connectivity index (χ4n) is 2.99. The van der Waals surface area contributed by atoms with Crippen molar-refractivity contribution in [3.8, 4) is 5.82 Å². The number of hydrogen-bond acceptors (Lipinski definition) is 5. The predicted molar refractivity (Wildman–Crippen MR) is 105 cm³/mol. The molecule has 4 rings (SSSR count). The average Bonchev–Trinajstić information content (AvgIpc) is 3.12. The maximum Gasteiger partial charge on any atom is 0.225 e. The standard InChI is InChI=1S/C21H19N5O/c1-14(16-6-4-3-5-7-16)24-21-22-11-10-20(25-21)26-13-23-18-12-17(15(2)27)8-9-19(18)26/h3-14H,1-2H3,(H,22,24,25)/t14-/m0/s1. The van der Waals surface area contributed by atoms with E-state index in [1.807, 2.05) is 34.9 Å². The molecular formula is C21H19N5O. The van der Waals surface area contributed by atoms with Crippen LogP contribution in [0.4, 0.5) is 5.95 Å². The van der Waals surface area contributed by atoms with Gasteiger partial charge in [0.15, 0.2) is 5.78 Å². The Morgan fingerprint density at radius 2 is 1.89 bits per heavy atom. The molecule has 27 heavy (non-hydrogen) atoms. The number of anilines is 1. The first-order valence-corrected chi connectivity index (χ1v) is 8.75. The fourth-order valence-corrected chi connectivity index (χ4v) is 2.99. The van der Waals surface area contributed by atoms with Crippen LogP contribution in [-0.2, 0) is 0 Å². The van der Waals surface area contributed by atoms with Gasteiger partial charge in [-0.05, 0) is 43.7 Å². The molecule has 1 N–H and O–H groups in total. The molecule has 6 nitrogen and oxygen atoms in total. The Balaban J connectivity index is 1.64. The number of aromatic nitrogens is 4. The summed E-state index contributed by atoms with van der Waals surface area (Å²) in [6.07, 6.45) is 3.43. The first-order chi connectivity index (χ1) is 13.1. The summed E-state index contributed by atoms with van der Waals surface area (Å²) in [7, 11) is 0. The predicted octanol–water partition coefficient (Wildman–Crippen LogP) is 4.19. The van der Waals surface area contributed by atoms with Gasteiger partial charge in [-0.2, -0.15) is 4.98 Å². The summed E-state index contributed by atoms with van der Waals surface area (Å²) >= 11 is 0. The Kier molecular flexibility index (Phi) is 4.38. The molecule has 6 heteroatoms. The van der Waals surface area contributed by atoms with Crippen molar-refractivity contribution in [2.75, 3.05) is 5.32 Å². The van der Waals surface area contributed by atoms with Crippen LogP contribution < -0.4 is 5.32 Å². The molecule has 4 aromatic rings. The third-order valence-corrected chi connectivity index (χ3v) is 4.49. The maximum atomic E-state index is 11.6. The minimum atomic E-state index is 0.0230. The molecule has 0 aliphatic heterocycles. The van der Waals surface area contributed by atoms with Crippen molar-refractivity contribution in [2.45, 2.75) is 19.9 Å². The topological polar surface area (TPSA) is 72.7 Å². The molecular weight excluding hydrogens is 338 g/mol. The van der Waals surface area contributed by atoms with Crippen molar-refractivity contribution >= 4 is 22.8 Å². The van der Waals surface area contributed by atoms with Gasteiger partial charge in [-0.1, -0.05) is 30.3 Å². The van der Waals surface area contributed by atoms with E-state index >= 15 is 0 Å². The molecule has 0 saturated carbocycles. The SMILES string of the molecule is CC(=O)c1ccc2c(c1)ncn2-c1ccnc(N[C@@H](C)c2ccccc2)n1. The highest BCUT2D eigenvalue weighted by Gasteiger charge is 2.11. The monoisotopic (exact) mass is 357 g/mol. The molecule has 0 unspecified atom stereocenters. The third-order valence-electron chi connectivity index (χ3n) is 4.49. The van der Waals surface area contributed by atoms with Crippen molar-refractivity contribution in [1.29, 1.82) is 0 Å². The summed E-state index contributed by atoms with van der Waals surface area (Å²) in [5.41, 5.74) is 3.46. The lowest BCUT2D eigenvalue weighted by atomic mass is 10.1. The number of nitrogens with zero attached hydrogens (tertiary/aromatic N) is 4. The quantitative estimate of drug-likeness (QED) is 0.542. The minimum absolute atomic E-state index is 0.0230. The molecule has 2 heterocycles. The van der Waals surface area contributed by atoms with Gasteiger partial charge in [-0.3, -0.25) is 9.36 Å². The second kappa shape index (κ2) is 6.99. The molecule has 0 saturated heterocycles. The number of rotatable bonds is 5. The van der Waals surface area contributed by atoms with Crippen LogP contribution in [-0.4, -0.2) is 25.3 Å². The Morgan fingerprint density at radius 3 is 2.67 bits per heavy atom. The lowest BCUT2D eigenvalue weighted by molar-refractivity contribution is 0.101. The van der Waals surface area contributed by atoms with Crippen molar-refractivity contribution in [3.05, 3.63) is 78.2 Å². The summed E-state index contributed by atoms with van der Waals surface area (Å²) in [6, 6.07) is 17.6. The molecule has 2 aromatic heterocycles. The van der Waals surface area contributed by atoms with Crippen LogP contribution in [0.2, 0.25) is 0 Å². The van der Waals surface area contributed by atoms with Gasteiger partial charge >= 0.3 is 0 Å². The summed E-state index contributed by atoms with van der Waals surface area (Å²) in [5.74, 6) is 1.28. The van der Waals surface area contributed by atoms with Gasteiger partial charge in [0.2, 0.25) is 5.95 Å². The Morgan fingerprint density at radius 1 is 1.07 bits per heavy atom. The minimum Gasteiger partial charge on any atom is -0.348 e. The van der Waals surface area contributed by atoms with E-state index in [1.165, 1.54) is 0 Å². The zero-order valence-electron chi connectivity index (χ0n) is 15.1. The fraction of sp³-hybridized carbons (Fsp3) is 0.143. The first kappa shape index (κ1) is 16.9. The molecule has 0 bridgehead atoms. The smallest absolute Gasteiger partial charge is 0.225 e. The summed E-state index contributed by atoms with van der Waals surface area (Å²) < 4.78 is 1.89. The number of Topliss-reactive ketones (excluding diaryl/α,β-unsaturated/α-hetero) is 1. The van der Waals surface area contributed by atoms with Gasteiger partial charge in [-0.15, -0.1) is 0 Å².